The van der Waals surface area contributed by atoms with Crippen LogP contribution < -0.4 is 5.32 Å². The molecule has 3 N–H and O–H groups in total. The van der Waals surface area contributed by atoms with Gasteiger partial charge in [-0.15, -0.1) is 0 Å². The molecule has 0 bridgehead atoms. The third kappa shape index (κ3) is 2.82. The highest BCUT2D eigenvalue weighted by Crippen LogP contribution is 2.14. The Morgan fingerprint density at radius 1 is 1.28 bits per heavy atom. The number of nitrogens with one attached hydrogen (secondary N) is 2. The van der Waals surface area contributed by atoms with Crippen molar-refractivity contribution in [1.29, 1.82) is 0 Å². The lowest BCUT2D eigenvalue weighted by Gasteiger charge is -2.04. The second-order valence-corrected chi connectivity index (χ2v) is 3.79. The summed E-state index contributed by atoms with van der Waals surface area (Å²) in [4.78, 5) is 14.2. The molecule has 1 heterocycles. The predicted molar refractivity (Wildman–Crippen MR) is 67.6 cm³/mol. The number of H-pyrrole nitrogens is 1. The van der Waals surface area contributed by atoms with Gasteiger partial charge in [0.2, 0.25) is 0 Å². The van der Waals surface area contributed by atoms with E-state index in [1.165, 1.54) is 7.11 Å². The van der Waals surface area contributed by atoms with Crippen molar-refractivity contribution in [3.8, 4) is 5.75 Å². The van der Waals surface area contributed by atoms with E-state index in [0.29, 0.717) is 12.2 Å². The van der Waals surface area contributed by atoms with Crippen molar-refractivity contribution in [2.45, 2.75) is 6.54 Å². The van der Waals surface area contributed by atoms with Gasteiger partial charge in [0.25, 0.3) is 0 Å². The number of phenolic OH excluding ortho intramolecular Hbond substituents is 1. The maximum atomic E-state index is 11.2. The maximum absolute atomic E-state index is 11.2. The number of aromatic amines is 1. The van der Waals surface area contributed by atoms with Gasteiger partial charge in [-0.1, -0.05) is 0 Å². The lowest BCUT2D eigenvalue weighted by molar-refractivity contribution is 0.0594. The van der Waals surface area contributed by atoms with Gasteiger partial charge in [0.05, 0.1) is 13.7 Å². The summed E-state index contributed by atoms with van der Waals surface area (Å²) in [5, 5.41) is 12.3. The van der Waals surface area contributed by atoms with Crippen LogP contribution in [-0.4, -0.2) is 23.2 Å². The summed E-state index contributed by atoms with van der Waals surface area (Å²) in [7, 11) is 1.34. The SMILES string of the molecule is COC(=O)c1ccc(CNc2ccc(O)cc2)[nH]1. The number of hydrogen-bond donors (Lipinski definition) is 3. The third-order valence-electron chi connectivity index (χ3n) is 2.50. The number of rotatable bonds is 4. The third-order valence-corrected chi connectivity index (χ3v) is 2.50. The first-order valence-electron chi connectivity index (χ1n) is 5.48. The van der Waals surface area contributed by atoms with Crippen LogP contribution in [-0.2, 0) is 11.3 Å². The average molecular weight is 246 g/mol. The number of aromatic hydroxyl groups is 1. The molecule has 0 spiro atoms. The Morgan fingerprint density at radius 3 is 2.67 bits per heavy atom. The summed E-state index contributed by atoms with van der Waals surface area (Å²) >= 11 is 0. The first kappa shape index (κ1) is 12.0. The van der Waals surface area contributed by atoms with Crippen molar-refractivity contribution in [3.05, 3.63) is 47.8 Å². The molecule has 5 heteroatoms. The quantitative estimate of drug-likeness (QED) is 0.570. The van der Waals surface area contributed by atoms with Gasteiger partial charge in [-0.3, -0.25) is 0 Å². The lowest BCUT2D eigenvalue weighted by Crippen LogP contribution is -2.03. The normalized spacial score (nSPS) is 10.1. The van der Waals surface area contributed by atoms with E-state index in [-0.39, 0.29) is 11.7 Å². The summed E-state index contributed by atoms with van der Waals surface area (Å²) in [5.74, 6) is -0.153. The van der Waals surface area contributed by atoms with Crippen molar-refractivity contribution < 1.29 is 14.6 Å². The Labute approximate surface area is 104 Å². The van der Waals surface area contributed by atoms with Gasteiger partial charge in [-0.05, 0) is 36.4 Å². The minimum absolute atomic E-state index is 0.230. The highest BCUT2D eigenvalue weighted by atomic mass is 16.5. The fraction of sp³-hybridized carbons (Fsp3) is 0.154. The molecule has 94 valence electrons. The van der Waals surface area contributed by atoms with Crippen LogP contribution >= 0.6 is 0 Å². The summed E-state index contributed by atoms with van der Waals surface area (Å²) in [5.41, 5.74) is 2.20. The van der Waals surface area contributed by atoms with Crippen molar-refractivity contribution in [2.24, 2.45) is 0 Å². The molecule has 1 aromatic heterocycles. The van der Waals surface area contributed by atoms with Crippen LogP contribution in [0.3, 0.4) is 0 Å². The van der Waals surface area contributed by atoms with Gasteiger partial charge < -0.3 is 20.1 Å². The fourth-order valence-corrected chi connectivity index (χ4v) is 1.55. The molecule has 0 radical (unpaired) electrons. The molecule has 0 atom stereocenters. The number of phenols is 1. The molecule has 0 saturated carbocycles. The van der Waals surface area contributed by atoms with Crippen LogP contribution in [0.15, 0.2) is 36.4 Å². The first-order valence-corrected chi connectivity index (χ1v) is 5.48. The zero-order chi connectivity index (χ0) is 13.0. The van der Waals surface area contributed by atoms with E-state index in [1.807, 2.05) is 6.07 Å². The molecule has 0 amide bonds. The van der Waals surface area contributed by atoms with Gasteiger partial charge >= 0.3 is 5.97 Å². The molecule has 5 nitrogen and oxygen atoms in total. The summed E-state index contributed by atoms with van der Waals surface area (Å²) < 4.78 is 4.61. The van der Waals surface area contributed by atoms with Gasteiger partial charge in [0.1, 0.15) is 11.4 Å². The molecule has 0 aliphatic rings. The second kappa shape index (κ2) is 5.27. The Kier molecular flexibility index (Phi) is 3.52. The van der Waals surface area contributed by atoms with Crippen molar-refractivity contribution in [1.82, 2.24) is 4.98 Å². The van der Waals surface area contributed by atoms with E-state index in [9.17, 15) is 4.79 Å². The van der Waals surface area contributed by atoms with E-state index >= 15 is 0 Å². The van der Waals surface area contributed by atoms with Crippen LogP contribution in [0.4, 0.5) is 5.69 Å². The van der Waals surface area contributed by atoms with E-state index in [2.05, 4.69) is 15.0 Å². The van der Waals surface area contributed by atoms with Crippen molar-refractivity contribution in [2.75, 3.05) is 12.4 Å². The van der Waals surface area contributed by atoms with E-state index < -0.39 is 0 Å². The minimum Gasteiger partial charge on any atom is -0.508 e. The molecule has 2 rings (SSSR count). The smallest absolute Gasteiger partial charge is 0.354 e. The van der Waals surface area contributed by atoms with Crippen LogP contribution in [0, 0.1) is 0 Å². The number of methoxy groups -OCH3 is 1. The van der Waals surface area contributed by atoms with E-state index in [1.54, 1.807) is 30.3 Å². The molecule has 0 unspecified atom stereocenters. The molecule has 0 aliphatic carbocycles. The van der Waals surface area contributed by atoms with Gasteiger partial charge in [-0.2, -0.15) is 0 Å². The van der Waals surface area contributed by atoms with Crippen LogP contribution in [0.1, 0.15) is 16.2 Å². The van der Waals surface area contributed by atoms with Gasteiger partial charge in [0.15, 0.2) is 0 Å². The zero-order valence-electron chi connectivity index (χ0n) is 9.93. The molecular weight excluding hydrogens is 232 g/mol. The van der Waals surface area contributed by atoms with E-state index in [0.717, 1.165) is 11.4 Å². The average Bonchev–Trinajstić information content (AvgIpc) is 2.86. The highest BCUT2D eigenvalue weighted by molar-refractivity contribution is 5.87. The molecule has 0 aliphatic heterocycles. The number of hydrogen-bond acceptors (Lipinski definition) is 4. The second-order valence-electron chi connectivity index (χ2n) is 3.79. The monoisotopic (exact) mass is 246 g/mol. The number of ether oxygens (including phenoxy) is 1. The fourth-order valence-electron chi connectivity index (χ4n) is 1.55. The Bertz CT molecular complexity index is 531. The van der Waals surface area contributed by atoms with Crippen molar-refractivity contribution >= 4 is 11.7 Å². The lowest BCUT2D eigenvalue weighted by atomic mass is 10.3. The molecular formula is C13H14N2O3. The van der Waals surface area contributed by atoms with Crippen molar-refractivity contribution in [3.63, 3.8) is 0 Å². The first-order chi connectivity index (χ1) is 8.69. The minimum atomic E-state index is -0.383. The predicted octanol–water partition coefficient (Wildman–Crippen LogP) is 2.12. The number of anilines is 1. The molecule has 0 saturated heterocycles. The number of esters is 1. The van der Waals surface area contributed by atoms with Crippen LogP contribution in [0.5, 0.6) is 5.75 Å². The topological polar surface area (TPSA) is 74.3 Å². The molecule has 0 fully saturated rings. The zero-order valence-corrected chi connectivity index (χ0v) is 9.93. The number of carbonyl (C=O) groups is 1. The van der Waals surface area contributed by atoms with Crippen LogP contribution in [0.2, 0.25) is 0 Å². The van der Waals surface area contributed by atoms with E-state index in [4.69, 9.17) is 5.11 Å². The summed E-state index contributed by atoms with van der Waals surface area (Å²) in [6, 6.07) is 10.3. The summed E-state index contributed by atoms with van der Waals surface area (Å²) in [6.45, 7) is 0.557. The maximum Gasteiger partial charge on any atom is 0.354 e. The largest absolute Gasteiger partial charge is 0.508 e. The summed E-state index contributed by atoms with van der Waals surface area (Å²) in [6.07, 6.45) is 0. The van der Waals surface area contributed by atoms with Gasteiger partial charge in [0, 0.05) is 11.4 Å². The number of carbonyl (C=O) groups excluding carboxylic acids is 1. The number of aromatic nitrogens is 1. The Hall–Kier alpha value is -2.43. The molecule has 1 aromatic carbocycles. The highest BCUT2D eigenvalue weighted by Gasteiger charge is 2.07. The Morgan fingerprint density at radius 2 is 2.00 bits per heavy atom. The van der Waals surface area contributed by atoms with Gasteiger partial charge in [-0.25, -0.2) is 4.79 Å². The standard InChI is InChI=1S/C13H14N2O3/c1-18-13(17)12-7-4-10(15-12)8-14-9-2-5-11(16)6-3-9/h2-7,14-16H,8H2,1H3. The van der Waals surface area contributed by atoms with Crippen LogP contribution in [0.25, 0.3) is 0 Å². The number of benzene rings is 1. The molecule has 2 aromatic rings. The molecule has 18 heavy (non-hydrogen) atoms. The Balaban J connectivity index is 1.96.